The summed E-state index contributed by atoms with van der Waals surface area (Å²) in [6.45, 7) is 6.58. The Kier molecular flexibility index (Phi) is 8.19. The van der Waals surface area contributed by atoms with Crippen molar-refractivity contribution in [3.05, 3.63) is 36.5 Å². The fraction of sp³-hybridized carbons (Fsp3) is 0.529. The number of hydrogen-bond acceptors (Lipinski definition) is 5. The van der Waals surface area contributed by atoms with E-state index in [-0.39, 0.29) is 6.10 Å². The molecule has 120 valence electrons. The van der Waals surface area contributed by atoms with Crippen molar-refractivity contribution in [1.82, 2.24) is 14.8 Å². The van der Waals surface area contributed by atoms with Gasteiger partial charge in [-0.15, -0.1) is 6.58 Å². The molecule has 5 heteroatoms. The summed E-state index contributed by atoms with van der Waals surface area (Å²) in [5, 5.41) is 8.95. The van der Waals surface area contributed by atoms with E-state index in [0.29, 0.717) is 11.4 Å². The van der Waals surface area contributed by atoms with E-state index in [1.165, 1.54) is 0 Å². The molecule has 0 radical (unpaired) electrons. The maximum atomic E-state index is 8.95. The summed E-state index contributed by atoms with van der Waals surface area (Å²) in [7, 11) is 6.22. The smallest absolute Gasteiger partial charge is 0.214 e. The normalized spacial score (nSPS) is 12.2. The minimum atomic E-state index is 0.0339. The van der Waals surface area contributed by atoms with Gasteiger partial charge in [0.25, 0.3) is 0 Å². The van der Waals surface area contributed by atoms with Gasteiger partial charge in [0.15, 0.2) is 0 Å². The average Bonchev–Trinajstić information content (AvgIpc) is 2.50. The number of pyridine rings is 1. The van der Waals surface area contributed by atoms with Gasteiger partial charge in [0.05, 0.1) is 11.6 Å². The Balaban J connectivity index is 2.62. The number of rotatable bonds is 10. The van der Waals surface area contributed by atoms with Crippen molar-refractivity contribution in [2.45, 2.75) is 18.9 Å². The highest BCUT2D eigenvalue weighted by molar-refractivity contribution is 5.31. The maximum Gasteiger partial charge on any atom is 0.214 e. The fourth-order valence-corrected chi connectivity index (χ4v) is 2.02. The first-order valence-corrected chi connectivity index (χ1v) is 7.52. The second-order valence-corrected chi connectivity index (χ2v) is 5.67. The third kappa shape index (κ3) is 7.21. The summed E-state index contributed by atoms with van der Waals surface area (Å²) in [5.74, 6) is 0.508. The molecule has 1 rings (SSSR count). The Morgan fingerprint density at radius 2 is 2.18 bits per heavy atom. The lowest BCUT2D eigenvalue weighted by Gasteiger charge is -2.25. The van der Waals surface area contributed by atoms with Gasteiger partial charge in [-0.2, -0.15) is 5.26 Å². The zero-order valence-electron chi connectivity index (χ0n) is 13.8. The monoisotopic (exact) mass is 302 g/mol. The molecule has 1 aromatic heterocycles. The predicted octanol–water partition coefficient (Wildman–Crippen LogP) is 2.16. The van der Waals surface area contributed by atoms with Gasteiger partial charge in [-0.05, 0) is 40.1 Å². The molecule has 0 spiro atoms. The minimum Gasteiger partial charge on any atom is -0.473 e. The van der Waals surface area contributed by atoms with E-state index in [9.17, 15) is 0 Å². The molecule has 1 atom stereocenters. The van der Waals surface area contributed by atoms with Crippen LogP contribution in [0.4, 0.5) is 0 Å². The van der Waals surface area contributed by atoms with Gasteiger partial charge in [0.1, 0.15) is 6.10 Å². The second kappa shape index (κ2) is 9.93. The SMILES string of the molecule is C=CCC[C@@H](CN(C)CCN(C)C)Oc1cc(C#N)ccn1. The van der Waals surface area contributed by atoms with Gasteiger partial charge >= 0.3 is 0 Å². The summed E-state index contributed by atoms with van der Waals surface area (Å²) >= 11 is 0. The molecule has 1 aromatic rings. The van der Waals surface area contributed by atoms with E-state index in [2.05, 4.69) is 48.6 Å². The number of aromatic nitrogens is 1. The van der Waals surface area contributed by atoms with Gasteiger partial charge < -0.3 is 14.5 Å². The van der Waals surface area contributed by atoms with Crippen LogP contribution in [0.5, 0.6) is 5.88 Å². The molecule has 0 saturated heterocycles. The summed E-state index contributed by atoms with van der Waals surface area (Å²) in [6.07, 6.45) is 5.31. The Bertz CT molecular complexity index is 496. The third-order valence-electron chi connectivity index (χ3n) is 3.29. The van der Waals surface area contributed by atoms with Crippen molar-refractivity contribution in [1.29, 1.82) is 5.26 Å². The highest BCUT2D eigenvalue weighted by Crippen LogP contribution is 2.14. The van der Waals surface area contributed by atoms with Crippen LogP contribution in [0.2, 0.25) is 0 Å². The van der Waals surface area contributed by atoms with Crippen molar-refractivity contribution in [2.24, 2.45) is 0 Å². The zero-order valence-corrected chi connectivity index (χ0v) is 13.8. The van der Waals surface area contributed by atoms with E-state index < -0.39 is 0 Å². The molecule has 0 amide bonds. The summed E-state index contributed by atoms with van der Waals surface area (Å²) < 4.78 is 5.97. The topological polar surface area (TPSA) is 52.4 Å². The van der Waals surface area contributed by atoms with Crippen LogP contribution in [0.25, 0.3) is 0 Å². The molecule has 0 fully saturated rings. The first-order chi connectivity index (χ1) is 10.5. The molecule has 0 aliphatic heterocycles. The van der Waals surface area contributed by atoms with Crippen molar-refractivity contribution in [2.75, 3.05) is 40.8 Å². The molecular weight excluding hydrogens is 276 g/mol. The fourth-order valence-electron chi connectivity index (χ4n) is 2.02. The Morgan fingerprint density at radius 1 is 1.41 bits per heavy atom. The minimum absolute atomic E-state index is 0.0339. The molecular formula is C17H26N4O. The quantitative estimate of drug-likeness (QED) is 0.620. The number of nitrogens with zero attached hydrogens (tertiary/aromatic N) is 4. The van der Waals surface area contributed by atoms with Crippen molar-refractivity contribution >= 4 is 0 Å². The molecule has 0 aliphatic rings. The lowest BCUT2D eigenvalue weighted by Crippen LogP contribution is -2.37. The van der Waals surface area contributed by atoms with Crippen LogP contribution in [-0.2, 0) is 0 Å². The molecule has 0 N–H and O–H groups in total. The van der Waals surface area contributed by atoms with E-state index in [1.807, 2.05) is 6.08 Å². The van der Waals surface area contributed by atoms with Gasteiger partial charge in [-0.3, -0.25) is 0 Å². The van der Waals surface area contributed by atoms with E-state index in [1.54, 1.807) is 18.3 Å². The number of hydrogen-bond donors (Lipinski definition) is 0. The lowest BCUT2D eigenvalue weighted by atomic mass is 10.2. The molecule has 0 aliphatic carbocycles. The molecule has 0 aromatic carbocycles. The van der Waals surface area contributed by atoms with Crippen LogP contribution < -0.4 is 4.74 Å². The van der Waals surface area contributed by atoms with E-state index in [4.69, 9.17) is 10.00 Å². The zero-order chi connectivity index (χ0) is 16.4. The van der Waals surface area contributed by atoms with Gasteiger partial charge in [-0.25, -0.2) is 4.98 Å². The third-order valence-corrected chi connectivity index (χ3v) is 3.29. The Morgan fingerprint density at radius 3 is 2.82 bits per heavy atom. The van der Waals surface area contributed by atoms with Crippen LogP contribution in [-0.4, -0.2) is 61.7 Å². The van der Waals surface area contributed by atoms with Gasteiger partial charge in [-0.1, -0.05) is 6.08 Å². The molecule has 1 heterocycles. The molecule has 22 heavy (non-hydrogen) atoms. The standard InChI is InChI=1S/C17H26N4O/c1-5-6-7-16(14-21(4)11-10-20(2)3)22-17-12-15(13-18)8-9-19-17/h5,8-9,12,16H,1,6-7,10-11,14H2,2-4H3/t16-/m0/s1. The van der Waals surface area contributed by atoms with Gasteiger partial charge in [0, 0.05) is 31.9 Å². The van der Waals surface area contributed by atoms with Crippen molar-refractivity contribution in [3.8, 4) is 11.9 Å². The van der Waals surface area contributed by atoms with Crippen molar-refractivity contribution in [3.63, 3.8) is 0 Å². The second-order valence-electron chi connectivity index (χ2n) is 5.67. The number of nitriles is 1. The maximum absolute atomic E-state index is 8.95. The molecule has 0 bridgehead atoms. The number of allylic oxidation sites excluding steroid dienone is 1. The largest absolute Gasteiger partial charge is 0.473 e. The van der Waals surface area contributed by atoms with Crippen LogP contribution in [0.15, 0.2) is 31.0 Å². The number of ether oxygens (including phenoxy) is 1. The van der Waals surface area contributed by atoms with Crippen LogP contribution >= 0.6 is 0 Å². The Hall–Kier alpha value is -1.90. The molecule has 5 nitrogen and oxygen atoms in total. The highest BCUT2D eigenvalue weighted by Gasteiger charge is 2.14. The molecule has 0 unspecified atom stereocenters. The predicted molar refractivity (Wildman–Crippen MR) is 88.9 cm³/mol. The average molecular weight is 302 g/mol. The van der Waals surface area contributed by atoms with Crippen LogP contribution in [0, 0.1) is 11.3 Å². The Labute approximate surface area is 133 Å². The first kappa shape index (κ1) is 18.1. The summed E-state index contributed by atoms with van der Waals surface area (Å²) in [4.78, 5) is 8.60. The first-order valence-electron chi connectivity index (χ1n) is 7.52. The van der Waals surface area contributed by atoms with Gasteiger partial charge in [0.2, 0.25) is 5.88 Å². The summed E-state index contributed by atoms with van der Waals surface area (Å²) in [5.41, 5.74) is 0.563. The van der Waals surface area contributed by atoms with Crippen LogP contribution in [0.1, 0.15) is 18.4 Å². The van der Waals surface area contributed by atoms with Crippen LogP contribution in [0.3, 0.4) is 0 Å². The van der Waals surface area contributed by atoms with Crippen molar-refractivity contribution < 1.29 is 4.74 Å². The number of likely N-dealkylation sites (N-methyl/N-ethyl adjacent to an activating group) is 2. The van der Waals surface area contributed by atoms with E-state index in [0.717, 1.165) is 32.5 Å². The lowest BCUT2D eigenvalue weighted by molar-refractivity contribution is 0.131. The van der Waals surface area contributed by atoms with E-state index >= 15 is 0 Å². The summed E-state index contributed by atoms with van der Waals surface area (Å²) in [6, 6.07) is 5.46. The highest BCUT2D eigenvalue weighted by atomic mass is 16.5. The molecule has 0 saturated carbocycles.